The summed E-state index contributed by atoms with van der Waals surface area (Å²) in [6.45, 7) is 0.351. The van der Waals surface area contributed by atoms with E-state index in [1.165, 1.54) is 12.3 Å². The summed E-state index contributed by atoms with van der Waals surface area (Å²) in [6.07, 6.45) is -2.99. The fraction of sp³-hybridized carbons (Fsp3) is 0.647. The minimum absolute atomic E-state index is 0.0942. The lowest BCUT2D eigenvalue weighted by atomic mass is 9.79. The van der Waals surface area contributed by atoms with E-state index in [1.807, 2.05) is 0 Å². The van der Waals surface area contributed by atoms with Crippen LogP contribution in [0.5, 0.6) is 5.88 Å². The maximum absolute atomic E-state index is 13.2. The molecule has 0 bridgehead atoms. The van der Waals surface area contributed by atoms with Gasteiger partial charge in [0.15, 0.2) is 6.61 Å². The first-order valence-corrected chi connectivity index (χ1v) is 8.36. The molecule has 1 unspecified atom stereocenters. The van der Waals surface area contributed by atoms with Gasteiger partial charge in [-0.05, 0) is 30.4 Å². The van der Waals surface area contributed by atoms with E-state index < -0.39 is 24.6 Å². The molecular weight excluding hydrogens is 359 g/mol. The first-order valence-electron chi connectivity index (χ1n) is 8.36. The molecule has 0 saturated heterocycles. The molecule has 1 atom stereocenters. The van der Waals surface area contributed by atoms with E-state index in [1.54, 1.807) is 13.0 Å². The second-order valence-corrected chi connectivity index (χ2v) is 6.61. The molecule has 146 valence electrons. The van der Waals surface area contributed by atoms with Gasteiger partial charge in [-0.3, -0.25) is 4.79 Å². The van der Waals surface area contributed by atoms with Gasteiger partial charge >= 0.3 is 6.18 Å². The topological polar surface area (TPSA) is 51.2 Å². The monoisotopic (exact) mass is 380 g/mol. The third-order valence-corrected chi connectivity index (χ3v) is 4.53. The highest BCUT2D eigenvalue weighted by molar-refractivity contribution is 5.78. The van der Waals surface area contributed by atoms with E-state index in [0.717, 1.165) is 0 Å². The predicted molar refractivity (Wildman–Crippen MR) is 83.7 cm³/mol. The Labute approximate surface area is 148 Å². The first-order chi connectivity index (χ1) is 12.1. The van der Waals surface area contributed by atoms with E-state index >= 15 is 0 Å². The average Bonchev–Trinajstić information content (AvgIpc) is 2.57. The number of carbonyl (C=O) groups excluding carboxylic acids is 1. The standard InChI is InChI=1S/C17H21F5N2O2/c1-11(13-2-5-16(18,19)6-3-13)15(25)24-9-12-4-7-23-14(8-12)26-10-17(20,21)22/h4,7-8,11,13H,2-3,5-6,9-10H2,1H3,(H,24,25). The third-order valence-electron chi connectivity index (χ3n) is 4.53. The molecule has 1 aliphatic carbocycles. The summed E-state index contributed by atoms with van der Waals surface area (Å²) in [6, 6.07) is 2.87. The number of halogens is 5. The number of ether oxygens (including phenoxy) is 1. The molecule has 1 fully saturated rings. The van der Waals surface area contributed by atoms with Crippen molar-refractivity contribution in [2.45, 2.75) is 51.3 Å². The number of rotatable bonds is 6. The molecule has 0 aliphatic heterocycles. The van der Waals surface area contributed by atoms with Gasteiger partial charge in [-0.1, -0.05) is 6.92 Å². The Morgan fingerprint density at radius 1 is 1.38 bits per heavy atom. The third kappa shape index (κ3) is 6.42. The van der Waals surface area contributed by atoms with Crippen LogP contribution in [0.2, 0.25) is 0 Å². The summed E-state index contributed by atoms with van der Waals surface area (Å²) in [5.74, 6) is -3.60. The molecule has 4 nitrogen and oxygen atoms in total. The molecule has 1 aromatic rings. The first kappa shape index (κ1) is 20.4. The van der Waals surface area contributed by atoms with E-state index in [2.05, 4.69) is 15.0 Å². The molecule has 0 aromatic carbocycles. The van der Waals surface area contributed by atoms with Gasteiger partial charge < -0.3 is 10.1 Å². The van der Waals surface area contributed by atoms with Crippen LogP contribution in [0.15, 0.2) is 18.3 Å². The Balaban J connectivity index is 1.83. The largest absolute Gasteiger partial charge is 0.468 e. The van der Waals surface area contributed by atoms with Crippen molar-refractivity contribution in [2.75, 3.05) is 6.61 Å². The Hall–Kier alpha value is -1.93. The summed E-state index contributed by atoms with van der Waals surface area (Å²) < 4.78 is 67.4. The van der Waals surface area contributed by atoms with Gasteiger partial charge in [0.1, 0.15) is 0 Å². The SMILES string of the molecule is CC(C(=O)NCc1ccnc(OCC(F)(F)F)c1)C1CCC(F)(F)CC1. The minimum Gasteiger partial charge on any atom is -0.468 e. The average molecular weight is 380 g/mol. The highest BCUT2D eigenvalue weighted by atomic mass is 19.4. The number of carbonyl (C=O) groups is 1. The Kier molecular flexibility index (Phi) is 6.41. The van der Waals surface area contributed by atoms with Gasteiger partial charge in [-0.25, -0.2) is 13.8 Å². The lowest BCUT2D eigenvalue weighted by Gasteiger charge is -2.31. The highest BCUT2D eigenvalue weighted by Gasteiger charge is 2.38. The summed E-state index contributed by atoms with van der Waals surface area (Å²) in [4.78, 5) is 15.9. The molecular formula is C17H21F5N2O2. The number of nitrogens with zero attached hydrogens (tertiary/aromatic N) is 1. The molecule has 2 rings (SSSR count). The van der Waals surface area contributed by atoms with Crippen molar-refractivity contribution >= 4 is 5.91 Å². The van der Waals surface area contributed by atoms with Crippen LogP contribution in [0.4, 0.5) is 22.0 Å². The molecule has 1 amide bonds. The van der Waals surface area contributed by atoms with Crippen molar-refractivity contribution < 1.29 is 31.5 Å². The van der Waals surface area contributed by atoms with Crippen molar-refractivity contribution in [3.05, 3.63) is 23.9 Å². The van der Waals surface area contributed by atoms with Crippen LogP contribution in [-0.4, -0.2) is 29.6 Å². The van der Waals surface area contributed by atoms with Gasteiger partial charge in [0.05, 0.1) is 0 Å². The fourth-order valence-corrected chi connectivity index (χ4v) is 2.92. The summed E-state index contributed by atoms with van der Waals surface area (Å²) >= 11 is 0. The molecule has 9 heteroatoms. The highest BCUT2D eigenvalue weighted by Crippen LogP contribution is 2.39. The molecule has 1 aromatic heterocycles. The second kappa shape index (κ2) is 8.18. The quantitative estimate of drug-likeness (QED) is 0.756. The Bertz CT molecular complexity index is 611. The van der Waals surface area contributed by atoms with Gasteiger partial charge in [0, 0.05) is 37.6 Å². The zero-order valence-corrected chi connectivity index (χ0v) is 14.3. The molecule has 0 spiro atoms. The minimum atomic E-state index is -4.46. The molecule has 26 heavy (non-hydrogen) atoms. The zero-order valence-electron chi connectivity index (χ0n) is 14.3. The summed E-state index contributed by atoms with van der Waals surface area (Å²) in [5, 5.41) is 2.68. The zero-order chi connectivity index (χ0) is 19.4. The number of pyridine rings is 1. The summed E-state index contributed by atoms with van der Waals surface area (Å²) in [5.41, 5.74) is 0.535. The van der Waals surface area contributed by atoms with Crippen LogP contribution < -0.4 is 10.1 Å². The number of nitrogens with one attached hydrogen (secondary N) is 1. The van der Waals surface area contributed by atoms with Gasteiger partial charge in [0.25, 0.3) is 0 Å². The van der Waals surface area contributed by atoms with Crippen LogP contribution >= 0.6 is 0 Å². The van der Waals surface area contributed by atoms with Crippen molar-refractivity contribution in [1.29, 1.82) is 0 Å². The van der Waals surface area contributed by atoms with Gasteiger partial charge in [0.2, 0.25) is 17.7 Å². The number of aromatic nitrogens is 1. The van der Waals surface area contributed by atoms with E-state index in [-0.39, 0.29) is 37.1 Å². The van der Waals surface area contributed by atoms with Crippen molar-refractivity contribution in [3.63, 3.8) is 0 Å². The number of hydrogen-bond donors (Lipinski definition) is 1. The lowest BCUT2D eigenvalue weighted by Crippen LogP contribution is -2.36. The second-order valence-electron chi connectivity index (χ2n) is 6.61. The van der Waals surface area contributed by atoms with E-state index in [0.29, 0.717) is 18.4 Å². The predicted octanol–water partition coefficient (Wildman–Crippen LogP) is 4.10. The fourth-order valence-electron chi connectivity index (χ4n) is 2.92. The number of amides is 1. The Morgan fingerprint density at radius 2 is 2.04 bits per heavy atom. The number of alkyl halides is 5. The molecule has 1 saturated carbocycles. The number of hydrogen-bond acceptors (Lipinski definition) is 3. The summed E-state index contributed by atoms with van der Waals surface area (Å²) in [7, 11) is 0. The van der Waals surface area contributed by atoms with Gasteiger partial charge in [-0.15, -0.1) is 0 Å². The van der Waals surface area contributed by atoms with Crippen molar-refractivity contribution in [2.24, 2.45) is 11.8 Å². The molecule has 1 N–H and O–H groups in total. The molecule has 1 aliphatic rings. The Morgan fingerprint density at radius 3 is 2.65 bits per heavy atom. The maximum Gasteiger partial charge on any atom is 0.422 e. The van der Waals surface area contributed by atoms with E-state index in [9.17, 15) is 26.7 Å². The maximum atomic E-state index is 13.2. The van der Waals surface area contributed by atoms with Crippen LogP contribution in [0, 0.1) is 11.8 Å². The normalized spacial score (nSPS) is 19.0. The van der Waals surface area contributed by atoms with E-state index in [4.69, 9.17) is 0 Å². The van der Waals surface area contributed by atoms with Crippen molar-refractivity contribution in [1.82, 2.24) is 10.3 Å². The van der Waals surface area contributed by atoms with Crippen LogP contribution in [-0.2, 0) is 11.3 Å². The van der Waals surface area contributed by atoms with Crippen LogP contribution in [0.3, 0.4) is 0 Å². The van der Waals surface area contributed by atoms with Crippen molar-refractivity contribution in [3.8, 4) is 5.88 Å². The lowest BCUT2D eigenvalue weighted by molar-refractivity contribution is -0.154. The molecule has 0 radical (unpaired) electrons. The molecule has 1 heterocycles. The smallest absolute Gasteiger partial charge is 0.422 e. The van der Waals surface area contributed by atoms with Crippen LogP contribution in [0.25, 0.3) is 0 Å². The van der Waals surface area contributed by atoms with Gasteiger partial charge in [-0.2, -0.15) is 13.2 Å². The van der Waals surface area contributed by atoms with Crippen LogP contribution in [0.1, 0.15) is 38.2 Å².